The van der Waals surface area contributed by atoms with Crippen LogP contribution in [0.5, 0.6) is 5.75 Å². The molecule has 0 aromatic heterocycles. The van der Waals surface area contributed by atoms with Crippen LogP contribution in [-0.2, 0) is 9.47 Å². The number of methoxy groups -OCH3 is 1. The van der Waals surface area contributed by atoms with E-state index in [0.717, 1.165) is 17.7 Å². The number of rotatable bonds is 9. The molecule has 4 nitrogen and oxygen atoms in total. The second kappa shape index (κ2) is 8.91. The first kappa shape index (κ1) is 15.0. The van der Waals surface area contributed by atoms with E-state index < -0.39 is 0 Å². The second-order valence-corrected chi connectivity index (χ2v) is 4.00. The van der Waals surface area contributed by atoms with Crippen molar-refractivity contribution in [3.05, 3.63) is 29.8 Å². The van der Waals surface area contributed by atoms with Gasteiger partial charge in [-0.2, -0.15) is 0 Å². The molecule has 0 bridgehead atoms. The molecule has 0 aliphatic heterocycles. The standard InChI is InChI=1S/C14H23NO3/c1-3-18-13-6-4-12(5-7-13)14(15)8-9-17-11-10-16-2/h4-7,14H,3,8-11,15H2,1-2H3. The van der Waals surface area contributed by atoms with Crippen molar-refractivity contribution in [2.75, 3.05) is 33.5 Å². The van der Waals surface area contributed by atoms with Crippen LogP contribution in [0.2, 0.25) is 0 Å². The maximum absolute atomic E-state index is 6.08. The molecule has 0 saturated carbocycles. The minimum atomic E-state index is 0.00298. The van der Waals surface area contributed by atoms with Crippen molar-refractivity contribution in [2.45, 2.75) is 19.4 Å². The molecule has 18 heavy (non-hydrogen) atoms. The van der Waals surface area contributed by atoms with Crippen LogP contribution >= 0.6 is 0 Å². The van der Waals surface area contributed by atoms with E-state index >= 15 is 0 Å². The van der Waals surface area contributed by atoms with E-state index in [-0.39, 0.29) is 6.04 Å². The molecule has 1 atom stereocenters. The van der Waals surface area contributed by atoms with Crippen molar-refractivity contribution in [1.82, 2.24) is 0 Å². The van der Waals surface area contributed by atoms with Crippen LogP contribution in [0.25, 0.3) is 0 Å². The third-order valence-electron chi connectivity index (χ3n) is 2.62. The molecule has 0 aliphatic rings. The average Bonchev–Trinajstić information content (AvgIpc) is 2.39. The van der Waals surface area contributed by atoms with E-state index in [1.807, 2.05) is 31.2 Å². The van der Waals surface area contributed by atoms with Crippen LogP contribution < -0.4 is 10.5 Å². The highest BCUT2D eigenvalue weighted by atomic mass is 16.5. The number of hydrogen-bond acceptors (Lipinski definition) is 4. The van der Waals surface area contributed by atoms with Crippen molar-refractivity contribution in [2.24, 2.45) is 5.73 Å². The highest BCUT2D eigenvalue weighted by molar-refractivity contribution is 5.28. The Bertz CT molecular complexity index is 313. The first-order valence-corrected chi connectivity index (χ1v) is 6.33. The molecule has 0 saturated heterocycles. The van der Waals surface area contributed by atoms with Gasteiger partial charge in [0, 0.05) is 19.8 Å². The summed E-state index contributed by atoms with van der Waals surface area (Å²) in [5.74, 6) is 0.879. The smallest absolute Gasteiger partial charge is 0.119 e. The van der Waals surface area contributed by atoms with Crippen LogP contribution in [0, 0.1) is 0 Å². The minimum Gasteiger partial charge on any atom is -0.494 e. The molecule has 102 valence electrons. The molecule has 0 spiro atoms. The summed E-state index contributed by atoms with van der Waals surface area (Å²) in [6.07, 6.45) is 0.803. The fourth-order valence-electron chi connectivity index (χ4n) is 1.60. The summed E-state index contributed by atoms with van der Waals surface area (Å²) < 4.78 is 15.7. The monoisotopic (exact) mass is 253 g/mol. The van der Waals surface area contributed by atoms with Crippen LogP contribution in [0.3, 0.4) is 0 Å². The summed E-state index contributed by atoms with van der Waals surface area (Å²) in [5.41, 5.74) is 7.19. The first-order valence-electron chi connectivity index (χ1n) is 6.33. The topological polar surface area (TPSA) is 53.7 Å². The molecule has 4 heteroatoms. The van der Waals surface area contributed by atoms with Crippen molar-refractivity contribution < 1.29 is 14.2 Å². The third-order valence-corrected chi connectivity index (χ3v) is 2.62. The van der Waals surface area contributed by atoms with Gasteiger partial charge in [-0.25, -0.2) is 0 Å². The molecule has 1 rings (SSSR count). The van der Waals surface area contributed by atoms with Gasteiger partial charge in [-0.05, 0) is 31.0 Å². The van der Waals surface area contributed by atoms with Crippen LogP contribution in [0.1, 0.15) is 24.9 Å². The van der Waals surface area contributed by atoms with Gasteiger partial charge < -0.3 is 19.9 Å². The second-order valence-electron chi connectivity index (χ2n) is 4.00. The molecular weight excluding hydrogens is 230 g/mol. The number of benzene rings is 1. The Morgan fingerprint density at radius 3 is 2.44 bits per heavy atom. The summed E-state index contributed by atoms with van der Waals surface area (Å²) in [5, 5.41) is 0. The van der Waals surface area contributed by atoms with Crippen molar-refractivity contribution in [1.29, 1.82) is 0 Å². The molecule has 0 aliphatic carbocycles. The van der Waals surface area contributed by atoms with E-state index in [9.17, 15) is 0 Å². The van der Waals surface area contributed by atoms with Crippen molar-refractivity contribution in [3.63, 3.8) is 0 Å². The summed E-state index contributed by atoms with van der Waals surface area (Å²) in [4.78, 5) is 0. The molecular formula is C14H23NO3. The highest BCUT2D eigenvalue weighted by Crippen LogP contribution is 2.18. The molecule has 1 unspecified atom stereocenters. The molecule has 1 aromatic carbocycles. The maximum Gasteiger partial charge on any atom is 0.119 e. The predicted octanol–water partition coefficient (Wildman–Crippen LogP) is 2.14. The fraction of sp³-hybridized carbons (Fsp3) is 0.571. The molecule has 0 heterocycles. The SMILES string of the molecule is CCOc1ccc(C(N)CCOCCOC)cc1. The highest BCUT2D eigenvalue weighted by Gasteiger charge is 2.05. The summed E-state index contributed by atoms with van der Waals surface area (Å²) in [7, 11) is 1.66. The largest absolute Gasteiger partial charge is 0.494 e. The lowest BCUT2D eigenvalue weighted by atomic mass is 10.1. The fourth-order valence-corrected chi connectivity index (χ4v) is 1.60. The number of hydrogen-bond donors (Lipinski definition) is 1. The lowest BCUT2D eigenvalue weighted by Gasteiger charge is -2.13. The Kier molecular flexibility index (Phi) is 7.41. The Labute approximate surface area is 109 Å². The van der Waals surface area contributed by atoms with E-state index in [0.29, 0.717) is 26.4 Å². The normalized spacial score (nSPS) is 12.4. The van der Waals surface area contributed by atoms with E-state index in [1.165, 1.54) is 0 Å². The van der Waals surface area contributed by atoms with Gasteiger partial charge in [-0.15, -0.1) is 0 Å². The zero-order chi connectivity index (χ0) is 13.2. The lowest BCUT2D eigenvalue weighted by molar-refractivity contribution is 0.0672. The quantitative estimate of drug-likeness (QED) is 0.685. The average molecular weight is 253 g/mol. The zero-order valence-electron chi connectivity index (χ0n) is 11.2. The van der Waals surface area contributed by atoms with Crippen LogP contribution in [0.15, 0.2) is 24.3 Å². The van der Waals surface area contributed by atoms with E-state index in [2.05, 4.69) is 0 Å². The van der Waals surface area contributed by atoms with E-state index in [1.54, 1.807) is 7.11 Å². The summed E-state index contributed by atoms with van der Waals surface area (Å²) >= 11 is 0. The Morgan fingerprint density at radius 2 is 1.83 bits per heavy atom. The first-order chi connectivity index (χ1) is 8.77. The molecule has 0 radical (unpaired) electrons. The van der Waals surface area contributed by atoms with Crippen LogP contribution in [-0.4, -0.2) is 33.5 Å². The Hall–Kier alpha value is -1.10. The number of ether oxygens (including phenoxy) is 3. The van der Waals surface area contributed by atoms with Gasteiger partial charge in [0.2, 0.25) is 0 Å². The van der Waals surface area contributed by atoms with E-state index in [4.69, 9.17) is 19.9 Å². The maximum atomic E-state index is 6.08. The third kappa shape index (κ3) is 5.49. The molecule has 0 fully saturated rings. The molecule has 1 aromatic rings. The number of nitrogens with two attached hydrogens (primary N) is 1. The van der Waals surface area contributed by atoms with Gasteiger partial charge in [0.15, 0.2) is 0 Å². The van der Waals surface area contributed by atoms with Crippen LogP contribution in [0.4, 0.5) is 0 Å². The van der Waals surface area contributed by atoms with Gasteiger partial charge in [0.25, 0.3) is 0 Å². The van der Waals surface area contributed by atoms with Crippen molar-refractivity contribution >= 4 is 0 Å². The molecule has 0 amide bonds. The zero-order valence-corrected chi connectivity index (χ0v) is 11.2. The summed E-state index contributed by atoms with van der Waals surface area (Å²) in [6.45, 7) is 4.54. The Balaban J connectivity index is 2.30. The minimum absolute atomic E-state index is 0.00298. The van der Waals surface area contributed by atoms with Gasteiger partial charge in [-0.3, -0.25) is 0 Å². The predicted molar refractivity (Wildman–Crippen MR) is 71.9 cm³/mol. The van der Waals surface area contributed by atoms with Gasteiger partial charge in [0.05, 0.1) is 19.8 Å². The Morgan fingerprint density at radius 1 is 1.11 bits per heavy atom. The summed E-state index contributed by atoms with van der Waals surface area (Å²) in [6, 6.07) is 7.91. The van der Waals surface area contributed by atoms with Crippen molar-refractivity contribution in [3.8, 4) is 5.75 Å². The van der Waals surface area contributed by atoms with Gasteiger partial charge in [-0.1, -0.05) is 12.1 Å². The molecule has 2 N–H and O–H groups in total. The van der Waals surface area contributed by atoms with Gasteiger partial charge >= 0.3 is 0 Å². The van der Waals surface area contributed by atoms with Gasteiger partial charge in [0.1, 0.15) is 5.75 Å². The lowest BCUT2D eigenvalue weighted by Crippen LogP contribution is -2.14.